The monoisotopic (exact) mass is 444 g/mol. The summed E-state index contributed by atoms with van der Waals surface area (Å²) in [5.74, 6) is -1.05. The molecule has 160 valence electrons. The van der Waals surface area contributed by atoms with Crippen LogP contribution in [0.5, 0.6) is 0 Å². The van der Waals surface area contributed by atoms with Crippen LogP contribution in [0.3, 0.4) is 0 Å². The fourth-order valence-corrected chi connectivity index (χ4v) is 3.55. The van der Waals surface area contributed by atoms with E-state index in [2.05, 4.69) is 33.1 Å². The Morgan fingerprint density at radius 1 is 0.875 bits per heavy atom. The van der Waals surface area contributed by atoms with Crippen molar-refractivity contribution in [1.29, 1.82) is 0 Å². The maximum absolute atomic E-state index is 13.7. The molecule has 4 rings (SSSR count). The normalized spacial score (nSPS) is 10.5. The fourth-order valence-electron chi connectivity index (χ4n) is 3.33. The van der Waals surface area contributed by atoms with Crippen LogP contribution in [-0.4, -0.2) is 22.5 Å². The second-order valence-corrected chi connectivity index (χ2v) is 7.53. The zero-order valence-corrected chi connectivity index (χ0v) is 18.0. The SMILES string of the molecule is O=C(Nc1ccc(NC(=S)NCCc2nccc3ccccc23)cc1)c1ccccc1F. The number of rotatable bonds is 6. The first-order chi connectivity index (χ1) is 15.6. The number of benzene rings is 3. The van der Waals surface area contributed by atoms with E-state index in [0.717, 1.165) is 23.2 Å². The number of pyridine rings is 1. The number of hydrogen-bond donors (Lipinski definition) is 3. The van der Waals surface area contributed by atoms with E-state index in [4.69, 9.17) is 12.2 Å². The molecule has 0 saturated heterocycles. The smallest absolute Gasteiger partial charge is 0.258 e. The molecule has 0 aliphatic heterocycles. The van der Waals surface area contributed by atoms with Crippen molar-refractivity contribution in [3.8, 4) is 0 Å². The molecule has 0 unspecified atom stereocenters. The van der Waals surface area contributed by atoms with E-state index in [1.165, 1.54) is 17.5 Å². The van der Waals surface area contributed by atoms with Crippen LogP contribution < -0.4 is 16.0 Å². The van der Waals surface area contributed by atoms with Crippen LogP contribution in [0.1, 0.15) is 16.1 Å². The summed E-state index contributed by atoms with van der Waals surface area (Å²) in [5.41, 5.74) is 2.36. The van der Waals surface area contributed by atoms with Gasteiger partial charge in [-0.3, -0.25) is 9.78 Å². The molecular formula is C25H21FN4OS. The average molecular weight is 445 g/mol. The average Bonchev–Trinajstić information content (AvgIpc) is 2.81. The molecule has 0 atom stereocenters. The topological polar surface area (TPSA) is 66.1 Å². The number of nitrogens with one attached hydrogen (secondary N) is 3. The van der Waals surface area contributed by atoms with E-state index in [9.17, 15) is 9.18 Å². The number of amides is 1. The number of fused-ring (bicyclic) bond motifs is 1. The quantitative estimate of drug-likeness (QED) is 0.359. The molecule has 5 nitrogen and oxygen atoms in total. The van der Waals surface area contributed by atoms with Crippen LogP contribution in [0.15, 0.2) is 85.1 Å². The second-order valence-electron chi connectivity index (χ2n) is 7.12. The zero-order chi connectivity index (χ0) is 22.3. The van der Waals surface area contributed by atoms with Crippen molar-refractivity contribution in [3.63, 3.8) is 0 Å². The van der Waals surface area contributed by atoms with Gasteiger partial charge in [0, 0.05) is 41.6 Å². The van der Waals surface area contributed by atoms with E-state index in [1.54, 1.807) is 36.4 Å². The minimum Gasteiger partial charge on any atom is -0.362 e. The molecule has 0 bridgehead atoms. The predicted molar refractivity (Wildman–Crippen MR) is 130 cm³/mol. The Labute approximate surface area is 190 Å². The molecular weight excluding hydrogens is 423 g/mol. The molecule has 0 spiro atoms. The number of aromatic nitrogens is 1. The molecule has 32 heavy (non-hydrogen) atoms. The third-order valence-corrected chi connectivity index (χ3v) is 5.17. The van der Waals surface area contributed by atoms with Crippen molar-refractivity contribution in [2.75, 3.05) is 17.2 Å². The number of anilines is 2. The minimum absolute atomic E-state index is 0.000707. The maximum Gasteiger partial charge on any atom is 0.258 e. The van der Waals surface area contributed by atoms with Gasteiger partial charge in [0.25, 0.3) is 5.91 Å². The van der Waals surface area contributed by atoms with Crippen LogP contribution in [0.25, 0.3) is 10.8 Å². The van der Waals surface area contributed by atoms with Crippen LogP contribution in [0, 0.1) is 5.82 Å². The van der Waals surface area contributed by atoms with Gasteiger partial charge in [0.1, 0.15) is 5.82 Å². The highest BCUT2D eigenvalue weighted by molar-refractivity contribution is 7.80. The molecule has 0 saturated carbocycles. The lowest BCUT2D eigenvalue weighted by Gasteiger charge is -2.12. The van der Waals surface area contributed by atoms with Gasteiger partial charge in [0.05, 0.1) is 5.56 Å². The summed E-state index contributed by atoms with van der Waals surface area (Å²) in [5, 5.41) is 11.8. The molecule has 0 radical (unpaired) electrons. The van der Waals surface area contributed by atoms with Crippen molar-refractivity contribution < 1.29 is 9.18 Å². The Morgan fingerprint density at radius 3 is 2.34 bits per heavy atom. The molecule has 4 aromatic rings. The van der Waals surface area contributed by atoms with Gasteiger partial charge in [-0.05, 0) is 60.1 Å². The van der Waals surface area contributed by atoms with Gasteiger partial charge in [-0.25, -0.2) is 4.39 Å². The van der Waals surface area contributed by atoms with Crippen molar-refractivity contribution in [1.82, 2.24) is 10.3 Å². The van der Waals surface area contributed by atoms with Gasteiger partial charge in [0.15, 0.2) is 5.11 Å². The standard InChI is InChI=1S/C25H21FN4OS/c26-22-8-4-3-7-21(22)24(31)29-18-9-11-19(12-10-18)30-25(32)28-16-14-23-20-6-2-1-5-17(20)13-15-27-23/h1-13,15H,14,16H2,(H,29,31)(H2,28,30,32). The predicted octanol–water partition coefficient (Wildman–Crippen LogP) is 5.16. The Balaban J connectivity index is 1.28. The largest absolute Gasteiger partial charge is 0.362 e. The number of halogens is 1. The lowest BCUT2D eigenvalue weighted by atomic mass is 10.1. The third-order valence-electron chi connectivity index (χ3n) is 4.92. The summed E-state index contributed by atoms with van der Waals surface area (Å²) >= 11 is 5.37. The van der Waals surface area contributed by atoms with E-state index < -0.39 is 11.7 Å². The number of carbonyl (C=O) groups excluding carboxylic acids is 1. The zero-order valence-electron chi connectivity index (χ0n) is 17.1. The van der Waals surface area contributed by atoms with Crippen LogP contribution in [0.4, 0.5) is 15.8 Å². The Hall–Kier alpha value is -3.84. The fraction of sp³-hybridized carbons (Fsp3) is 0.0800. The number of thiocarbonyl (C=S) groups is 1. The molecule has 1 aromatic heterocycles. The van der Waals surface area contributed by atoms with Gasteiger partial charge in [0.2, 0.25) is 0 Å². The third kappa shape index (κ3) is 5.25. The van der Waals surface area contributed by atoms with Crippen molar-refractivity contribution in [3.05, 3.63) is 102 Å². The van der Waals surface area contributed by atoms with E-state index in [1.807, 2.05) is 24.4 Å². The second kappa shape index (κ2) is 9.98. The molecule has 3 N–H and O–H groups in total. The molecule has 7 heteroatoms. The Bertz CT molecular complexity index is 1260. The van der Waals surface area contributed by atoms with Crippen molar-refractivity contribution in [2.45, 2.75) is 6.42 Å². The highest BCUT2D eigenvalue weighted by Crippen LogP contribution is 2.17. The lowest BCUT2D eigenvalue weighted by molar-refractivity contribution is 0.102. The first kappa shape index (κ1) is 21.4. The summed E-state index contributed by atoms with van der Waals surface area (Å²) in [7, 11) is 0. The van der Waals surface area contributed by atoms with Crippen molar-refractivity contribution >= 4 is 45.4 Å². The van der Waals surface area contributed by atoms with E-state index in [-0.39, 0.29) is 5.56 Å². The van der Waals surface area contributed by atoms with Gasteiger partial charge in [-0.2, -0.15) is 0 Å². The molecule has 0 aliphatic rings. The first-order valence-corrected chi connectivity index (χ1v) is 10.5. The van der Waals surface area contributed by atoms with E-state index in [0.29, 0.717) is 17.3 Å². The van der Waals surface area contributed by atoms with Crippen LogP contribution >= 0.6 is 12.2 Å². The van der Waals surface area contributed by atoms with Gasteiger partial charge < -0.3 is 16.0 Å². The number of carbonyl (C=O) groups is 1. The lowest BCUT2D eigenvalue weighted by Crippen LogP contribution is -2.30. The molecule has 3 aromatic carbocycles. The number of nitrogens with zero attached hydrogens (tertiary/aromatic N) is 1. The molecule has 0 aliphatic carbocycles. The van der Waals surface area contributed by atoms with Gasteiger partial charge >= 0.3 is 0 Å². The summed E-state index contributed by atoms with van der Waals surface area (Å²) in [4.78, 5) is 16.7. The Morgan fingerprint density at radius 2 is 1.56 bits per heavy atom. The molecule has 1 amide bonds. The van der Waals surface area contributed by atoms with Crippen LogP contribution in [-0.2, 0) is 6.42 Å². The number of hydrogen-bond acceptors (Lipinski definition) is 3. The maximum atomic E-state index is 13.7. The first-order valence-electron chi connectivity index (χ1n) is 10.1. The molecule has 0 fully saturated rings. The highest BCUT2D eigenvalue weighted by Gasteiger charge is 2.11. The summed E-state index contributed by atoms with van der Waals surface area (Å²) in [6.45, 7) is 0.642. The highest BCUT2D eigenvalue weighted by atomic mass is 32.1. The van der Waals surface area contributed by atoms with E-state index >= 15 is 0 Å². The van der Waals surface area contributed by atoms with Crippen molar-refractivity contribution in [2.24, 2.45) is 0 Å². The van der Waals surface area contributed by atoms with Gasteiger partial charge in [-0.1, -0.05) is 36.4 Å². The minimum atomic E-state index is -0.557. The van der Waals surface area contributed by atoms with Gasteiger partial charge in [-0.15, -0.1) is 0 Å². The Kier molecular flexibility index (Phi) is 6.67. The summed E-state index contributed by atoms with van der Waals surface area (Å²) in [6.07, 6.45) is 2.56. The van der Waals surface area contributed by atoms with Crippen LogP contribution in [0.2, 0.25) is 0 Å². The molecule has 1 heterocycles. The summed E-state index contributed by atoms with van der Waals surface area (Å²) in [6, 6.07) is 23.1. The summed E-state index contributed by atoms with van der Waals surface area (Å²) < 4.78 is 13.7.